The fourth-order valence-electron chi connectivity index (χ4n) is 2.78. The lowest BCUT2D eigenvalue weighted by molar-refractivity contribution is -0.890. The zero-order valence-corrected chi connectivity index (χ0v) is 16.4. The molecular weight excluding hydrogens is 326 g/mol. The molecule has 0 aliphatic carbocycles. The molecule has 2 aromatic rings. The minimum Gasteiger partial charge on any atom is -0.484 e. The van der Waals surface area contributed by atoms with E-state index in [1.807, 2.05) is 45.3 Å². The van der Waals surface area contributed by atoms with Gasteiger partial charge in [0.2, 0.25) is 0 Å². The zero-order chi connectivity index (χ0) is 19.1. The molecule has 1 amide bonds. The second-order valence-electron chi connectivity index (χ2n) is 7.03. The van der Waals surface area contributed by atoms with Gasteiger partial charge in [-0.1, -0.05) is 24.3 Å². The molecule has 0 spiro atoms. The highest BCUT2D eigenvalue weighted by Gasteiger charge is 2.19. The van der Waals surface area contributed by atoms with E-state index in [-0.39, 0.29) is 18.6 Å². The van der Waals surface area contributed by atoms with Crippen molar-refractivity contribution in [3.63, 3.8) is 0 Å². The van der Waals surface area contributed by atoms with Gasteiger partial charge in [0.15, 0.2) is 6.61 Å². The van der Waals surface area contributed by atoms with Crippen LogP contribution < -0.4 is 19.9 Å². The number of amides is 1. The van der Waals surface area contributed by atoms with Gasteiger partial charge < -0.3 is 19.9 Å². The molecule has 5 heteroatoms. The Balaban J connectivity index is 1.90. The lowest BCUT2D eigenvalue weighted by Crippen LogP contribution is -3.07. The van der Waals surface area contributed by atoms with Gasteiger partial charge in [-0.25, -0.2) is 0 Å². The quantitative estimate of drug-likeness (QED) is 0.752. The summed E-state index contributed by atoms with van der Waals surface area (Å²) in [5.41, 5.74) is 3.48. The third-order valence-corrected chi connectivity index (χ3v) is 4.37. The molecule has 140 valence electrons. The number of carbonyl (C=O) groups is 1. The predicted octanol–water partition coefficient (Wildman–Crippen LogP) is 1.44. The third kappa shape index (κ3) is 5.77. The van der Waals surface area contributed by atoms with Crippen LogP contribution in [0.4, 0.5) is 5.69 Å². The normalized spacial score (nSPS) is 11.9. The Labute approximate surface area is 156 Å². The van der Waals surface area contributed by atoms with E-state index in [2.05, 4.69) is 48.6 Å². The van der Waals surface area contributed by atoms with E-state index in [0.29, 0.717) is 12.3 Å². The Bertz CT molecular complexity index is 711. The number of likely N-dealkylation sites (N-methyl/N-ethyl adjacent to an activating group) is 1. The predicted molar refractivity (Wildman–Crippen MR) is 106 cm³/mol. The molecule has 0 aliphatic rings. The summed E-state index contributed by atoms with van der Waals surface area (Å²) in [4.78, 5) is 15.5. The average molecular weight is 356 g/mol. The van der Waals surface area contributed by atoms with Crippen LogP contribution in [0, 0.1) is 6.92 Å². The number of nitrogens with one attached hydrogen (secondary N) is 2. The first-order valence-corrected chi connectivity index (χ1v) is 8.90. The highest BCUT2D eigenvalue weighted by Crippen LogP contribution is 2.16. The van der Waals surface area contributed by atoms with E-state index in [0.717, 1.165) is 11.3 Å². The Kier molecular flexibility index (Phi) is 7.04. The van der Waals surface area contributed by atoms with Gasteiger partial charge in [0, 0.05) is 25.3 Å². The van der Waals surface area contributed by atoms with E-state index < -0.39 is 0 Å². The Morgan fingerprint density at radius 2 is 1.85 bits per heavy atom. The van der Waals surface area contributed by atoms with Crippen LogP contribution in [0.2, 0.25) is 0 Å². The molecule has 0 unspecified atom stereocenters. The van der Waals surface area contributed by atoms with Crippen LogP contribution >= 0.6 is 0 Å². The first kappa shape index (κ1) is 19.8. The van der Waals surface area contributed by atoms with Crippen molar-refractivity contribution in [1.82, 2.24) is 5.32 Å². The molecule has 5 nitrogen and oxygen atoms in total. The molecule has 0 saturated heterocycles. The Morgan fingerprint density at radius 1 is 1.15 bits per heavy atom. The van der Waals surface area contributed by atoms with E-state index in [4.69, 9.17) is 4.74 Å². The van der Waals surface area contributed by atoms with Gasteiger partial charge in [-0.05, 0) is 36.8 Å². The van der Waals surface area contributed by atoms with Crippen LogP contribution in [0.1, 0.15) is 17.2 Å². The van der Waals surface area contributed by atoms with Gasteiger partial charge in [0.25, 0.3) is 5.91 Å². The molecule has 2 N–H and O–H groups in total. The van der Waals surface area contributed by atoms with Gasteiger partial charge in [-0.3, -0.25) is 4.79 Å². The van der Waals surface area contributed by atoms with Crippen molar-refractivity contribution in [3.05, 3.63) is 59.7 Å². The maximum atomic E-state index is 12.2. The van der Waals surface area contributed by atoms with E-state index in [9.17, 15) is 4.79 Å². The molecule has 1 atom stereocenters. The van der Waals surface area contributed by atoms with Crippen LogP contribution in [0.15, 0.2) is 48.5 Å². The fraction of sp³-hybridized carbons (Fsp3) is 0.381. The molecule has 0 heterocycles. The van der Waals surface area contributed by atoms with E-state index >= 15 is 0 Å². The van der Waals surface area contributed by atoms with Crippen molar-refractivity contribution in [3.8, 4) is 5.75 Å². The molecule has 2 aromatic carbocycles. The lowest BCUT2D eigenvalue weighted by atomic mass is 10.1. The maximum Gasteiger partial charge on any atom is 0.258 e. The van der Waals surface area contributed by atoms with Gasteiger partial charge in [-0.2, -0.15) is 0 Å². The molecule has 0 aromatic heterocycles. The van der Waals surface area contributed by atoms with Gasteiger partial charge in [-0.15, -0.1) is 0 Å². The smallest absolute Gasteiger partial charge is 0.258 e. The third-order valence-electron chi connectivity index (χ3n) is 4.37. The topological polar surface area (TPSA) is 46.0 Å². The maximum absolute atomic E-state index is 12.2. The van der Waals surface area contributed by atoms with Crippen molar-refractivity contribution in [2.45, 2.75) is 13.0 Å². The Hall–Kier alpha value is -2.53. The van der Waals surface area contributed by atoms with Crippen LogP contribution in [-0.2, 0) is 4.79 Å². The first-order chi connectivity index (χ1) is 12.4. The van der Waals surface area contributed by atoms with Crippen molar-refractivity contribution >= 4 is 11.6 Å². The summed E-state index contributed by atoms with van der Waals surface area (Å²) in [6.45, 7) is 2.59. The highest BCUT2D eigenvalue weighted by atomic mass is 16.5. The minimum absolute atomic E-state index is 0.0263. The largest absolute Gasteiger partial charge is 0.484 e. The standard InChI is InChI=1S/C21H29N3O2/c1-16-7-6-8-19(13-16)26-15-21(25)22-14-20(24(4)5)17-9-11-18(12-10-17)23(2)3/h6-13,20H,14-15H2,1-5H3,(H,22,25)/p+1/t20-/m0/s1. The summed E-state index contributed by atoms with van der Waals surface area (Å²) in [7, 11) is 8.25. The van der Waals surface area contributed by atoms with Crippen LogP contribution in [0.5, 0.6) is 5.75 Å². The van der Waals surface area contributed by atoms with Crippen molar-refractivity contribution < 1.29 is 14.4 Å². The molecule has 0 bridgehead atoms. The van der Waals surface area contributed by atoms with Gasteiger partial charge in [0.05, 0.1) is 20.6 Å². The summed E-state index contributed by atoms with van der Waals surface area (Å²) in [6.07, 6.45) is 0. The minimum atomic E-state index is -0.109. The summed E-state index contributed by atoms with van der Waals surface area (Å²) >= 11 is 0. The second kappa shape index (κ2) is 9.25. The van der Waals surface area contributed by atoms with Crippen LogP contribution in [0.3, 0.4) is 0 Å². The SMILES string of the molecule is Cc1cccc(OCC(=O)NC[C@@H](c2ccc(N(C)C)cc2)[NH+](C)C)c1. The average Bonchev–Trinajstić information content (AvgIpc) is 2.60. The number of ether oxygens (including phenoxy) is 1. The molecule has 0 radical (unpaired) electrons. The number of anilines is 1. The van der Waals surface area contributed by atoms with Gasteiger partial charge in [0.1, 0.15) is 11.8 Å². The Morgan fingerprint density at radius 3 is 2.42 bits per heavy atom. The summed E-state index contributed by atoms with van der Waals surface area (Å²) in [5, 5.41) is 2.99. The van der Waals surface area contributed by atoms with Crippen molar-refractivity contribution in [1.29, 1.82) is 0 Å². The number of nitrogens with zero attached hydrogens (tertiary/aromatic N) is 1. The number of benzene rings is 2. The molecule has 2 rings (SSSR count). The molecule has 0 aliphatic heterocycles. The van der Waals surface area contributed by atoms with Crippen molar-refractivity contribution in [2.75, 3.05) is 46.2 Å². The zero-order valence-electron chi connectivity index (χ0n) is 16.4. The lowest BCUT2D eigenvalue weighted by Gasteiger charge is -2.23. The number of aryl methyl sites for hydroxylation is 1. The number of hydrogen-bond donors (Lipinski definition) is 2. The summed E-state index contributed by atoms with van der Waals surface area (Å²) in [5.74, 6) is 0.608. The fourth-order valence-corrected chi connectivity index (χ4v) is 2.78. The van der Waals surface area contributed by atoms with E-state index in [1.54, 1.807) is 0 Å². The number of carbonyl (C=O) groups excluding carboxylic acids is 1. The molecule has 26 heavy (non-hydrogen) atoms. The monoisotopic (exact) mass is 356 g/mol. The highest BCUT2D eigenvalue weighted by molar-refractivity contribution is 5.77. The summed E-state index contributed by atoms with van der Waals surface area (Å²) in [6, 6.07) is 16.4. The first-order valence-electron chi connectivity index (χ1n) is 8.90. The molecular formula is C21H30N3O2+. The molecule has 0 saturated carbocycles. The van der Waals surface area contributed by atoms with Crippen LogP contribution in [-0.4, -0.2) is 47.2 Å². The number of hydrogen-bond acceptors (Lipinski definition) is 3. The van der Waals surface area contributed by atoms with Crippen LogP contribution in [0.25, 0.3) is 0 Å². The second-order valence-corrected chi connectivity index (χ2v) is 7.03. The van der Waals surface area contributed by atoms with E-state index in [1.165, 1.54) is 10.5 Å². The molecule has 0 fully saturated rings. The van der Waals surface area contributed by atoms with Crippen molar-refractivity contribution in [2.24, 2.45) is 0 Å². The van der Waals surface area contributed by atoms with Gasteiger partial charge >= 0.3 is 0 Å². The summed E-state index contributed by atoms with van der Waals surface area (Å²) < 4.78 is 5.56. The number of rotatable bonds is 8. The number of quaternary nitrogens is 1.